The number of rotatable bonds is 6. The molecule has 1 aromatic heterocycles. The maximum atomic E-state index is 12.1. The number of nitrogens with one attached hydrogen (secondary N) is 1. The van der Waals surface area contributed by atoms with Gasteiger partial charge in [0, 0.05) is 17.0 Å². The Bertz CT molecular complexity index is 737. The van der Waals surface area contributed by atoms with Gasteiger partial charge in [0.25, 0.3) is 5.91 Å². The zero-order chi connectivity index (χ0) is 15.9. The minimum atomic E-state index is -0.0622. The van der Waals surface area contributed by atoms with Crippen molar-refractivity contribution in [2.45, 2.75) is 6.42 Å². The molecule has 0 atom stereocenters. The molecule has 23 heavy (non-hydrogen) atoms. The van der Waals surface area contributed by atoms with Crippen molar-refractivity contribution in [3.63, 3.8) is 0 Å². The van der Waals surface area contributed by atoms with E-state index in [1.807, 2.05) is 41.8 Å². The lowest BCUT2D eigenvalue weighted by Crippen LogP contribution is -2.25. The van der Waals surface area contributed by atoms with Crippen LogP contribution in [-0.2, 0) is 6.42 Å². The number of thiophene rings is 1. The molecule has 116 valence electrons. The molecule has 0 bridgehead atoms. The predicted molar refractivity (Wildman–Crippen MR) is 93.3 cm³/mol. The first kappa shape index (κ1) is 15.3. The fourth-order valence-electron chi connectivity index (χ4n) is 2.16. The third-order valence-corrected chi connectivity index (χ3v) is 4.27. The smallest absolute Gasteiger partial charge is 0.251 e. The van der Waals surface area contributed by atoms with Crippen LogP contribution in [0.5, 0.6) is 11.5 Å². The molecule has 0 aliphatic carbocycles. The third-order valence-electron chi connectivity index (χ3n) is 3.33. The van der Waals surface area contributed by atoms with Crippen LogP contribution in [0.25, 0.3) is 0 Å². The van der Waals surface area contributed by atoms with E-state index in [-0.39, 0.29) is 5.91 Å². The maximum Gasteiger partial charge on any atom is 0.251 e. The van der Waals surface area contributed by atoms with Crippen molar-refractivity contribution in [3.8, 4) is 11.5 Å². The molecule has 3 aromatic rings. The van der Waals surface area contributed by atoms with Gasteiger partial charge in [-0.3, -0.25) is 4.79 Å². The lowest BCUT2D eigenvalue weighted by molar-refractivity contribution is 0.0954. The molecule has 3 rings (SSSR count). The van der Waals surface area contributed by atoms with Crippen molar-refractivity contribution in [1.82, 2.24) is 5.32 Å². The van der Waals surface area contributed by atoms with E-state index >= 15 is 0 Å². The summed E-state index contributed by atoms with van der Waals surface area (Å²) in [6, 6.07) is 20.8. The van der Waals surface area contributed by atoms with Crippen LogP contribution in [-0.4, -0.2) is 12.5 Å². The van der Waals surface area contributed by atoms with E-state index in [1.165, 1.54) is 4.88 Å². The molecule has 1 heterocycles. The number of hydrogen-bond donors (Lipinski definition) is 1. The molecule has 0 aliphatic heterocycles. The normalized spacial score (nSPS) is 10.3. The molecule has 0 saturated heterocycles. The van der Waals surface area contributed by atoms with Crippen LogP contribution in [0.4, 0.5) is 0 Å². The highest BCUT2D eigenvalue weighted by molar-refractivity contribution is 7.09. The van der Waals surface area contributed by atoms with Crippen molar-refractivity contribution >= 4 is 17.2 Å². The second-order valence-corrected chi connectivity index (χ2v) is 6.06. The zero-order valence-electron chi connectivity index (χ0n) is 12.6. The van der Waals surface area contributed by atoms with Gasteiger partial charge in [0.15, 0.2) is 0 Å². The molecule has 0 radical (unpaired) electrons. The van der Waals surface area contributed by atoms with Gasteiger partial charge in [0.2, 0.25) is 0 Å². The number of ether oxygens (including phenoxy) is 1. The summed E-state index contributed by atoms with van der Waals surface area (Å²) in [5.41, 5.74) is 0.636. The summed E-state index contributed by atoms with van der Waals surface area (Å²) in [6.45, 7) is 0.640. The quantitative estimate of drug-likeness (QED) is 0.724. The Labute approximate surface area is 139 Å². The maximum absolute atomic E-state index is 12.1. The summed E-state index contributed by atoms with van der Waals surface area (Å²) in [7, 11) is 0. The van der Waals surface area contributed by atoms with Crippen molar-refractivity contribution in [3.05, 3.63) is 82.6 Å². The Morgan fingerprint density at radius 1 is 0.913 bits per heavy atom. The van der Waals surface area contributed by atoms with E-state index in [1.54, 1.807) is 35.6 Å². The van der Waals surface area contributed by atoms with Crippen LogP contribution in [0.15, 0.2) is 72.1 Å². The Hall–Kier alpha value is -2.59. The van der Waals surface area contributed by atoms with Gasteiger partial charge in [0.1, 0.15) is 11.5 Å². The summed E-state index contributed by atoms with van der Waals surface area (Å²) in [6.07, 6.45) is 0.860. The minimum absolute atomic E-state index is 0.0622. The molecule has 0 saturated carbocycles. The van der Waals surface area contributed by atoms with Gasteiger partial charge >= 0.3 is 0 Å². The number of carbonyl (C=O) groups excluding carboxylic acids is 1. The lowest BCUT2D eigenvalue weighted by Gasteiger charge is -2.07. The largest absolute Gasteiger partial charge is 0.457 e. The fourth-order valence-corrected chi connectivity index (χ4v) is 2.86. The molecule has 1 N–H and O–H groups in total. The van der Waals surface area contributed by atoms with Crippen molar-refractivity contribution in [2.75, 3.05) is 6.54 Å². The van der Waals surface area contributed by atoms with Gasteiger partial charge in [-0.05, 0) is 54.3 Å². The summed E-state index contributed by atoms with van der Waals surface area (Å²) >= 11 is 1.71. The summed E-state index contributed by atoms with van der Waals surface area (Å²) in [4.78, 5) is 13.4. The Balaban J connectivity index is 1.53. The predicted octanol–water partition coefficient (Wildman–Crippen LogP) is 4.51. The number of benzene rings is 2. The van der Waals surface area contributed by atoms with E-state index < -0.39 is 0 Å². The molecule has 4 heteroatoms. The molecule has 0 aliphatic rings. The number of hydrogen-bond acceptors (Lipinski definition) is 3. The van der Waals surface area contributed by atoms with Gasteiger partial charge in [-0.25, -0.2) is 0 Å². The molecule has 0 fully saturated rings. The van der Waals surface area contributed by atoms with Gasteiger partial charge in [0.05, 0.1) is 0 Å². The van der Waals surface area contributed by atoms with Crippen LogP contribution in [0.2, 0.25) is 0 Å². The molecule has 0 spiro atoms. The van der Waals surface area contributed by atoms with Crippen LogP contribution in [0.3, 0.4) is 0 Å². The number of carbonyl (C=O) groups is 1. The third kappa shape index (κ3) is 4.44. The molecule has 0 unspecified atom stereocenters. The van der Waals surface area contributed by atoms with Crippen LogP contribution in [0, 0.1) is 0 Å². The van der Waals surface area contributed by atoms with Gasteiger partial charge < -0.3 is 10.1 Å². The van der Waals surface area contributed by atoms with Crippen molar-refractivity contribution in [1.29, 1.82) is 0 Å². The van der Waals surface area contributed by atoms with Gasteiger partial charge in [-0.1, -0.05) is 24.3 Å². The topological polar surface area (TPSA) is 38.3 Å². The van der Waals surface area contributed by atoms with E-state index in [0.29, 0.717) is 17.9 Å². The highest BCUT2D eigenvalue weighted by Crippen LogP contribution is 2.21. The van der Waals surface area contributed by atoms with Crippen molar-refractivity contribution < 1.29 is 9.53 Å². The Kier molecular flexibility index (Phi) is 5.06. The minimum Gasteiger partial charge on any atom is -0.457 e. The first-order chi connectivity index (χ1) is 11.3. The first-order valence-electron chi connectivity index (χ1n) is 7.45. The standard InChI is InChI=1S/C19H17NO2S/c21-19(20-13-12-18-7-4-14-23-18)15-8-10-17(11-9-15)22-16-5-2-1-3-6-16/h1-11,14H,12-13H2,(H,20,21). The molecular formula is C19H17NO2S. The molecule has 3 nitrogen and oxygen atoms in total. The Morgan fingerprint density at radius 2 is 1.65 bits per heavy atom. The highest BCUT2D eigenvalue weighted by Gasteiger charge is 2.05. The van der Waals surface area contributed by atoms with E-state index in [2.05, 4.69) is 11.4 Å². The summed E-state index contributed by atoms with van der Waals surface area (Å²) in [5.74, 6) is 1.43. The van der Waals surface area contributed by atoms with Crippen LogP contribution >= 0.6 is 11.3 Å². The van der Waals surface area contributed by atoms with E-state index in [4.69, 9.17) is 4.74 Å². The molecule has 2 aromatic carbocycles. The van der Waals surface area contributed by atoms with Crippen LogP contribution in [0.1, 0.15) is 15.2 Å². The van der Waals surface area contributed by atoms with E-state index in [9.17, 15) is 4.79 Å². The van der Waals surface area contributed by atoms with Crippen LogP contribution < -0.4 is 10.1 Å². The second-order valence-electron chi connectivity index (χ2n) is 5.02. The zero-order valence-corrected chi connectivity index (χ0v) is 13.4. The molecular weight excluding hydrogens is 306 g/mol. The second kappa shape index (κ2) is 7.61. The average molecular weight is 323 g/mol. The average Bonchev–Trinajstić information content (AvgIpc) is 3.10. The van der Waals surface area contributed by atoms with Crippen molar-refractivity contribution in [2.24, 2.45) is 0 Å². The van der Waals surface area contributed by atoms with Gasteiger partial charge in [-0.2, -0.15) is 0 Å². The lowest BCUT2D eigenvalue weighted by atomic mass is 10.2. The van der Waals surface area contributed by atoms with E-state index in [0.717, 1.165) is 12.2 Å². The SMILES string of the molecule is O=C(NCCc1cccs1)c1ccc(Oc2ccccc2)cc1. The molecule has 1 amide bonds. The summed E-state index contributed by atoms with van der Waals surface area (Å²) < 4.78 is 5.71. The highest BCUT2D eigenvalue weighted by atomic mass is 32.1. The monoisotopic (exact) mass is 323 g/mol. The fraction of sp³-hybridized carbons (Fsp3) is 0.105. The number of para-hydroxylation sites is 1. The first-order valence-corrected chi connectivity index (χ1v) is 8.33. The summed E-state index contributed by atoms with van der Waals surface area (Å²) in [5, 5.41) is 4.98. The Morgan fingerprint density at radius 3 is 2.35 bits per heavy atom. The van der Waals surface area contributed by atoms with Gasteiger partial charge in [-0.15, -0.1) is 11.3 Å². The number of amides is 1.